The highest BCUT2D eigenvalue weighted by Gasteiger charge is 2.04. The van der Waals surface area contributed by atoms with Gasteiger partial charge in [-0.05, 0) is 18.6 Å². The van der Waals surface area contributed by atoms with Crippen LogP contribution in [0.2, 0.25) is 0 Å². The van der Waals surface area contributed by atoms with Gasteiger partial charge in [-0.2, -0.15) is 0 Å². The van der Waals surface area contributed by atoms with E-state index in [-0.39, 0.29) is 0 Å². The molecule has 1 heterocycles. The summed E-state index contributed by atoms with van der Waals surface area (Å²) >= 11 is 5.06. The van der Waals surface area contributed by atoms with E-state index in [0.717, 1.165) is 15.0 Å². The monoisotopic (exact) mass is 268 g/mol. The van der Waals surface area contributed by atoms with Crippen molar-refractivity contribution in [2.75, 3.05) is 5.73 Å². The Balaban J connectivity index is 2.47. The number of thiazole rings is 1. The predicted molar refractivity (Wildman–Crippen MR) is 64.4 cm³/mol. The second-order valence-corrected chi connectivity index (χ2v) is 4.75. The summed E-state index contributed by atoms with van der Waals surface area (Å²) in [5, 5.41) is 2.81. The van der Waals surface area contributed by atoms with Crippen LogP contribution in [0, 0.1) is 6.92 Å². The van der Waals surface area contributed by atoms with Gasteiger partial charge in [0.1, 0.15) is 10.8 Å². The Morgan fingerprint density at radius 2 is 2.21 bits per heavy atom. The summed E-state index contributed by atoms with van der Waals surface area (Å²) in [5.41, 5.74) is 7.89. The summed E-state index contributed by atoms with van der Waals surface area (Å²) in [6, 6.07) is 6.18. The number of benzene rings is 1. The van der Waals surface area contributed by atoms with Gasteiger partial charge in [-0.25, -0.2) is 4.98 Å². The molecule has 0 aliphatic heterocycles. The van der Waals surface area contributed by atoms with Crippen LogP contribution in [-0.4, -0.2) is 4.98 Å². The molecule has 0 atom stereocenters. The first-order valence-corrected chi connectivity index (χ1v) is 5.81. The minimum absolute atomic E-state index is 0.585. The molecule has 0 bridgehead atoms. The first-order valence-electron chi connectivity index (χ1n) is 4.14. The fourth-order valence-electron chi connectivity index (χ4n) is 1.14. The van der Waals surface area contributed by atoms with Gasteiger partial charge in [-0.1, -0.05) is 28.1 Å². The molecular formula is C10H9BrN2S. The number of nitrogen functional groups attached to an aromatic ring is 1. The van der Waals surface area contributed by atoms with Crippen molar-refractivity contribution in [2.24, 2.45) is 0 Å². The predicted octanol–water partition coefficient (Wildman–Crippen LogP) is 3.46. The molecule has 2 nitrogen and oxygen atoms in total. The van der Waals surface area contributed by atoms with Crippen molar-refractivity contribution in [2.45, 2.75) is 6.92 Å². The number of aryl methyl sites for hydroxylation is 1. The van der Waals surface area contributed by atoms with E-state index in [4.69, 9.17) is 5.73 Å². The van der Waals surface area contributed by atoms with Crippen molar-refractivity contribution in [1.29, 1.82) is 0 Å². The van der Waals surface area contributed by atoms with Gasteiger partial charge in [-0.15, -0.1) is 11.3 Å². The lowest BCUT2D eigenvalue weighted by molar-refractivity contribution is 1.39. The molecule has 1 aromatic heterocycles. The van der Waals surface area contributed by atoms with Crippen LogP contribution in [-0.2, 0) is 0 Å². The van der Waals surface area contributed by atoms with Gasteiger partial charge in [0, 0.05) is 15.4 Å². The van der Waals surface area contributed by atoms with Crippen molar-refractivity contribution < 1.29 is 0 Å². The Kier molecular flexibility index (Phi) is 2.56. The van der Waals surface area contributed by atoms with E-state index < -0.39 is 0 Å². The molecular weight excluding hydrogens is 260 g/mol. The van der Waals surface area contributed by atoms with Gasteiger partial charge < -0.3 is 5.73 Å². The number of hydrogen-bond donors (Lipinski definition) is 1. The molecule has 0 unspecified atom stereocenters. The van der Waals surface area contributed by atoms with Crippen molar-refractivity contribution in [3.63, 3.8) is 0 Å². The third-order valence-corrected chi connectivity index (χ3v) is 3.70. The summed E-state index contributed by atoms with van der Waals surface area (Å²) in [4.78, 5) is 4.23. The van der Waals surface area contributed by atoms with Crippen molar-refractivity contribution >= 4 is 33.1 Å². The van der Waals surface area contributed by atoms with Gasteiger partial charge in [0.25, 0.3) is 0 Å². The standard InChI is InChI=1S/C10H9BrN2S/c1-6-2-3-7(4-8(6)11)10-13-9(12)5-14-10/h2-5H,12H2,1H3. The number of anilines is 1. The Morgan fingerprint density at radius 1 is 1.43 bits per heavy atom. The van der Waals surface area contributed by atoms with Crippen LogP contribution in [0.3, 0.4) is 0 Å². The summed E-state index contributed by atoms with van der Waals surface area (Å²) in [6.45, 7) is 2.06. The van der Waals surface area contributed by atoms with E-state index >= 15 is 0 Å². The summed E-state index contributed by atoms with van der Waals surface area (Å²) in [6.07, 6.45) is 0. The second-order valence-electron chi connectivity index (χ2n) is 3.04. The molecule has 0 aliphatic rings. The van der Waals surface area contributed by atoms with Gasteiger partial charge in [0.15, 0.2) is 0 Å². The molecule has 4 heteroatoms. The summed E-state index contributed by atoms with van der Waals surface area (Å²) in [7, 11) is 0. The average molecular weight is 269 g/mol. The third-order valence-electron chi connectivity index (χ3n) is 1.94. The smallest absolute Gasteiger partial charge is 0.135 e. The SMILES string of the molecule is Cc1ccc(-c2nc(N)cs2)cc1Br. The molecule has 0 amide bonds. The Morgan fingerprint density at radius 3 is 2.79 bits per heavy atom. The lowest BCUT2D eigenvalue weighted by Crippen LogP contribution is -1.84. The molecule has 0 saturated heterocycles. The quantitative estimate of drug-likeness (QED) is 0.861. The summed E-state index contributed by atoms with van der Waals surface area (Å²) in [5.74, 6) is 0.585. The van der Waals surface area contributed by atoms with E-state index in [1.165, 1.54) is 5.56 Å². The molecule has 14 heavy (non-hydrogen) atoms. The Labute approximate surface area is 94.9 Å². The Bertz CT molecular complexity index is 465. The molecule has 0 fully saturated rings. The van der Waals surface area contributed by atoms with Crippen LogP contribution >= 0.6 is 27.3 Å². The molecule has 0 saturated carbocycles. The topological polar surface area (TPSA) is 38.9 Å². The maximum absolute atomic E-state index is 5.57. The van der Waals surface area contributed by atoms with Crippen LogP contribution in [0.1, 0.15) is 5.56 Å². The highest BCUT2D eigenvalue weighted by molar-refractivity contribution is 9.10. The molecule has 2 rings (SSSR count). The number of nitrogens with zero attached hydrogens (tertiary/aromatic N) is 1. The average Bonchev–Trinajstić information content (AvgIpc) is 2.57. The number of nitrogens with two attached hydrogens (primary N) is 1. The maximum atomic E-state index is 5.57. The number of aromatic nitrogens is 1. The zero-order valence-electron chi connectivity index (χ0n) is 7.62. The van der Waals surface area contributed by atoms with Crippen molar-refractivity contribution in [1.82, 2.24) is 4.98 Å². The first kappa shape index (κ1) is 9.68. The highest BCUT2D eigenvalue weighted by Crippen LogP contribution is 2.28. The second kappa shape index (κ2) is 3.71. The largest absolute Gasteiger partial charge is 0.383 e. The lowest BCUT2D eigenvalue weighted by Gasteiger charge is -2.00. The molecule has 0 radical (unpaired) electrons. The fourth-order valence-corrected chi connectivity index (χ4v) is 2.23. The normalized spacial score (nSPS) is 10.4. The van der Waals surface area contributed by atoms with E-state index in [1.807, 2.05) is 5.38 Å². The number of hydrogen-bond acceptors (Lipinski definition) is 3. The highest BCUT2D eigenvalue weighted by atomic mass is 79.9. The molecule has 2 N–H and O–H groups in total. The fraction of sp³-hybridized carbons (Fsp3) is 0.100. The molecule has 2 aromatic rings. The van der Waals surface area contributed by atoms with Crippen LogP contribution in [0.15, 0.2) is 28.1 Å². The molecule has 0 spiro atoms. The summed E-state index contributed by atoms with van der Waals surface area (Å²) < 4.78 is 1.10. The lowest BCUT2D eigenvalue weighted by atomic mass is 10.2. The first-order chi connectivity index (χ1) is 6.66. The van der Waals surface area contributed by atoms with E-state index in [1.54, 1.807) is 11.3 Å². The van der Waals surface area contributed by atoms with Crippen LogP contribution in [0.5, 0.6) is 0 Å². The molecule has 0 aliphatic carbocycles. The number of halogens is 1. The van der Waals surface area contributed by atoms with Gasteiger partial charge in [-0.3, -0.25) is 0 Å². The Hall–Kier alpha value is -0.870. The molecule has 72 valence electrons. The van der Waals surface area contributed by atoms with Crippen LogP contribution in [0.25, 0.3) is 10.6 Å². The van der Waals surface area contributed by atoms with E-state index in [2.05, 4.69) is 46.0 Å². The van der Waals surface area contributed by atoms with Crippen molar-refractivity contribution in [3.8, 4) is 10.6 Å². The molecule has 1 aromatic carbocycles. The van der Waals surface area contributed by atoms with Gasteiger partial charge in [0.05, 0.1) is 0 Å². The van der Waals surface area contributed by atoms with E-state index in [9.17, 15) is 0 Å². The number of rotatable bonds is 1. The van der Waals surface area contributed by atoms with Crippen molar-refractivity contribution in [3.05, 3.63) is 33.6 Å². The minimum Gasteiger partial charge on any atom is -0.383 e. The maximum Gasteiger partial charge on any atom is 0.135 e. The zero-order chi connectivity index (χ0) is 10.1. The zero-order valence-corrected chi connectivity index (χ0v) is 10.0. The van der Waals surface area contributed by atoms with E-state index in [0.29, 0.717) is 5.82 Å². The van der Waals surface area contributed by atoms with Gasteiger partial charge in [0.2, 0.25) is 0 Å². The minimum atomic E-state index is 0.585. The third kappa shape index (κ3) is 1.81. The van der Waals surface area contributed by atoms with Crippen LogP contribution in [0.4, 0.5) is 5.82 Å². The van der Waals surface area contributed by atoms with Crippen LogP contribution < -0.4 is 5.73 Å². The van der Waals surface area contributed by atoms with Gasteiger partial charge >= 0.3 is 0 Å².